The SMILES string of the molecule is Cc1cc(C(O)c2cccc(C)c2Br)ccc1F. The minimum absolute atomic E-state index is 0.255. The smallest absolute Gasteiger partial charge is 0.126 e. The first-order chi connectivity index (χ1) is 8.50. The Labute approximate surface area is 114 Å². The summed E-state index contributed by atoms with van der Waals surface area (Å²) in [6.45, 7) is 3.66. The molecule has 1 nitrogen and oxygen atoms in total. The molecule has 0 heterocycles. The van der Waals surface area contributed by atoms with Crippen LogP contribution in [0.15, 0.2) is 40.9 Å². The Morgan fingerprint density at radius 1 is 1.11 bits per heavy atom. The fourth-order valence-electron chi connectivity index (χ4n) is 1.90. The van der Waals surface area contributed by atoms with Crippen LogP contribution in [0, 0.1) is 19.7 Å². The van der Waals surface area contributed by atoms with Gasteiger partial charge in [-0.3, -0.25) is 0 Å². The molecule has 0 fully saturated rings. The van der Waals surface area contributed by atoms with Crippen molar-refractivity contribution in [2.75, 3.05) is 0 Å². The fourth-order valence-corrected chi connectivity index (χ4v) is 2.38. The van der Waals surface area contributed by atoms with Gasteiger partial charge in [0.15, 0.2) is 0 Å². The molecule has 0 aromatic heterocycles. The fraction of sp³-hybridized carbons (Fsp3) is 0.200. The minimum Gasteiger partial charge on any atom is -0.384 e. The molecular weight excluding hydrogens is 295 g/mol. The lowest BCUT2D eigenvalue weighted by molar-refractivity contribution is 0.219. The van der Waals surface area contributed by atoms with E-state index in [4.69, 9.17) is 0 Å². The molecule has 0 bridgehead atoms. The summed E-state index contributed by atoms with van der Waals surface area (Å²) in [5, 5.41) is 10.4. The van der Waals surface area contributed by atoms with E-state index in [9.17, 15) is 9.50 Å². The summed E-state index contributed by atoms with van der Waals surface area (Å²) in [7, 11) is 0. The summed E-state index contributed by atoms with van der Waals surface area (Å²) in [5.41, 5.74) is 3.09. The first-order valence-electron chi connectivity index (χ1n) is 5.70. The summed E-state index contributed by atoms with van der Waals surface area (Å²) < 4.78 is 14.1. The lowest BCUT2D eigenvalue weighted by atomic mass is 9.98. The van der Waals surface area contributed by atoms with Crippen LogP contribution in [0.4, 0.5) is 4.39 Å². The molecule has 2 rings (SSSR count). The molecule has 0 saturated carbocycles. The number of hydrogen-bond acceptors (Lipinski definition) is 1. The standard InChI is InChI=1S/C15H14BrFO/c1-9-4-3-5-12(14(9)16)15(18)11-6-7-13(17)10(2)8-11/h3-8,15,18H,1-2H3. The second-order valence-electron chi connectivity index (χ2n) is 4.39. The van der Waals surface area contributed by atoms with E-state index >= 15 is 0 Å². The third-order valence-electron chi connectivity index (χ3n) is 3.01. The van der Waals surface area contributed by atoms with Gasteiger partial charge in [0.25, 0.3) is 0 Å². The second kappa shape index (κ2) is 5.21. The molecule has 0 aliphatic rings. The summed E-state index contributed by atoms with van der Waals surface area (Å²) in [4.78, 5) is 0. The molecule has 18 heavy (non-hydrogen) atoms. The predicted octanol–water partition coefficient (Wildman–Crippen LogP) is 4.29. The predicted molar refractivity (Wildman–Crippen MR) is 74.1 cm³/mol. The number of aliphatic hydroxyl groups excluding tert-OH is 1. The van der Waals surface area contributed by atoms with Crippen molar-refractivity contribution in [2.45, 2.75) is 20.0 Å². The van der Waals surface area contributed by atoms with Gasteiger partial charge in [-0.15, -0.1) is 0 Å². The molecule has 1 N–H and O–H groups in total. The van der Waals surface area contributed by atoms with Crippen molar-refractivity contribution < 1.29 is 9.50 Å². The molecule has 0 amide bonds. The van der Waals surface area contributed by atoms with Crippen LogP contribution < -0.4 is 0 Å². The molecule has 1 unspecified atom stereocenters. The van der Waals surface area contributed by atoms with Crippen molar-refractivity contribution in [2.24, 2.45) is 0 Å². The number of hydrogen-bond donors (Lipinski definition) is 1. The Morgan fingerprint density at radius 2 is 1.83 bits per heavy atom. The molecule has 0 radical (unpaired) electrons. The van der Waals surface area contributed by atoms with Gasteiger partial charge in [0.05, 0.1) is 0 Å². The molecule has 94 valence electrons. The molecular formula is C15H14BrFO. The highest BCUT2D eigenvalue weighted by Crippen LogP contribution is 2.31. The highest BCUT2D eigenvalue weighted by Gasteiger charge is 2.15. The van der Waals surface area contributed by atoms with Crippen molar-refractivity contribution in [3.8, 4) is 0 Å². The van der Waals surface area contributed by atoms with Crippen molar-refractivity contribution in [3.05, 3.63) is 68.9 Å². The number of rotatable bonds is 2. The maximum absolute atomic E-state index is 13.2. The molecule has 0 spiro atoms. The van der Waals surface area contributed by atoms with Crippen molar-refractivity contribution in [1.82, 2.24) is 0 Å². The molecule has 0 aliphatic carbocycles. The Balaban J connectivity index is 2.44. The van der Waals surface area contributed by atoms with Crippen molar-refractivity contribution in [3.63, 3.8) is 0 Å². The number of aliphatic hydroxyl groups is 1. The molecule has 2 aromatic carbocycles. The highest BCUT2D eigenvalue weighted by atomic mass is 79.9. The van der Waals surface area contributed by atoms with Gasteiger partial charge in [-0.25, -0.2) is 4.39 Å². The van der Waals surface area contributed by atoms with Gasteiger partial charge < -0.3 is 5.11 Å². The van der Waals surface area contributed by atoms with Gasteiger partial charge in [0.1, 0.15) is 11.9 Å². The van der Waals surface area contributed by atoms with Gasteiger partial charge in [-0.05, 0) is 42.2 Å². The zero-order chi connectivity index (χ0) is 13.3. The second-order valence-corrected chi connectivity index (χ2v) is 5.18. The summed E-state index contributed by atoms with van der Waals surface area (Å²) >= 11 is 3.48. The topological polar surface area (TPSA) is 20.2 Å². The Kier molecular flexibility index (Phi) is 3.83. The lowest BCUT2D eigenvalue weighted by Crippen LogP contribution is -2.02. The van der Waals surface area contributed by atoms with Crippen molar-refractivity contribution >= 4 is 15.9 Å². The largest absolute Gasteiger partial charge is 0.384 e. The van der Waals surface area contributed by atoms with E-state index < -0.39 is 6.10 Å². The summed E-state index contributed by atoms with van der Waals surface area (Å²) in [6, 6.07) is 10.4. The van der Waals surface area contributed by atoms with Crippen LogP contribution in [0.2, 0.25) is 0 Å². The van der Waals surface area contributed by atoms with Crippen LogP contribution in [-0.4, -0.2) is 5.11 Å². The van der Waals surface area contributed by atoms with E-state index in [2.05, 4.69) is 15.9 Å². The van der Waals surface area contributed by atoms with Crippen LogP contribution in [0.3, 0.4) is 0 Å². The van der Waals surface area contributed by atoms with Crippen molar-refractivity contribution in [1.29, 1.82) is 0 Å². The van der Waals surface area contributed by atoms with Crippen LogP contribution >= 0.6 is 15.9 Å². The first-order valence-corrected chi connectivity index (χ1v) is 6.49. The Morgan fingerprint density at radius 3 is 2.50 bits per heavy atom. The third kappa shape index (κ3) is 2.47. The average Bonchev–Trinajstić information content (AvgIpc) is 2.35. The van der Waals surface area contributed by atoms with Crippen LogP contribution in [-0.2, 0) is 0 Å². The van der Waals surface area contributed by atoms with E-state index in [0.717, 1.165) is 15.6 Å². The normalized spacial score (nSPS) is 12.5. The van der Waals surface area contributed by atoms with Gasteiger partial charge in [0.2, 0.25) is 0 Å². The molecule has 3 heteroatoms. The average molecular weight is 309 g/mol. The third-order valence-corrected chi connectivity index (χ3v) is 4.10. The summed E-state index contributed by atoms with van der Waals surface area (Å²) in [5.74, 6) is -0.255. The van der Waals surface area contributed by atoms with Crippen LogP contribution in [0.5, 0.6) is 0 Å². The van der Waals surface area contributed by atoms with Crippen LogP contribution in [0.25, 0.3) is 0 Å². The quantitative estimate of drug-likeness (QED) is 0.877. The van der Waals surface area contributed by atoms with Crippen LogP contribution in [0.1, 0.15) is 28.4 Å². The monoisotopic (exact) mass is 308 g/mol. The Bertz CT molecular complexity index is 581. The molecule has 2 aromatic rings. The number of aryl methyl sites for hydroxylation is 2. The maximum Gasteiger partial charge on any atom is 0.126 e. The zero-order valence-corrected chi connectivity index (χ0v) is 11.8. The van der Waals surface area contributed by atoms with E-state index in [1.165, 1.54) is 6.07 Å². The maximum atomic E-state index is 13.2. The summed E-state index contributed by atoms with van der Waals surface area (Å²) in [6.07, 6.45) is -0.751. The lowest BCUT2D eigenvalue weighted by Gasteiger charge is -2.15. The van der Waals surface area contributed by atoms with Gasteiger partial charge >= 0.3 is 0 Å². The Hall–Kier alpha value is -1.19. The van der Waals surface area contributed by atoms with E-state index in [-0.39, 0.29) is 5.82 Å². The molecule has 1 atom stereocenters. The van der Waals surface area contributed by atoms with Gasteiger partial charge in [0, 0.05) is 4.47 Å². The van der Waals surface area contributed by atoms with E-state index in [1.807, 2.05) is 25.1 Å². The molecule has 0 aliphatic heterocycles. The first kappa shape index (κ1) is 13.2. The molecule has 0 saturated heterocycles. The van der Waals surface area contributed by atoms with E-state index in [0.29, 0.717) is 11.1 Å². The minimum atomic E-state index is -0.751. The van der Waals surface area contributed by atoms with Gasteiger partial charge in [-0.2, -0.15) is 0 Å². The zero-order valence-electron chi connectivity index (χ0n) is 10.2. The highest BCUT2D eigenvalue weighted by molar-refractivity contribution is 9.10. The number of benzene rings is 2. The van der Waals surface area contributed by atoms with Gasteiger partial charge in [-0.1, -0.05) is 46.3 Å². The number of halogens is 2. The van der Waals surface area contributed by atoms with E-state index in [1.54, 1.807) is 19.1 Å².